The van der Waals surface area contributed by atoms with E-state index in [1.165, 1.54) is 0 Å². The number of amides is 1. The van der Waals surface area contributed by atoms with Crippen LogP contribution in [0.1, 0.15) is 46.2 Å². The van der Waals surface area contributed by atoms with Crippen molar-refractivity contribution in [2.75, 3.05) is 13.7 Å². The molecule has 2 heterocycles. The van der Waals surface area contributed by atoms with Gasteiger partial charge in [0.2, 0.25) is 0 Å². The van der Waals surface area contributed by atoms with Gasteiger partial charge in [0.15, 0.2) is 0 Å². The van der Waals surface area contributed by atoms with Crippen molar-refractivity contribution in [3.63, 3.8) is 0 Å². The summed E-state index contributed by atoms with van der Waals surface area (Å²) < 4.78 is 7.15. The van der Waals surface area contributed by atoms with E-state index >= 15 is 0 Å². The van der Waals surface area contributed by atoms with E-state index in [-0.39, 0.29) is 11.9 Å². The van der Waals surface area contributed by atoms with Crippen LogP contribution in [-0.2, 0) is 0 Å². The van der Waals surface area contributed by atoms with Crippen LogP contribution in [-0.4, -0.2) is 34.2 Å². The molecule has 4 rings (SSSR count). The number of aromatic nitrogens is 2. The summed E-state index contributed by atoms with van der Waals surface area (Å²) in [5.74, 6) is 0.914. The second-order valence-corrected chi connectivity index (χ2v) is 7.32. The minimum atomic E-state index is 0.0817. The quantitative estimate of drug-likeness (QED) is 0.676. The number of nitrogens with zero attached hydrogens (tertiary/aromatic N) is 3. The van der Waals surface area contributed by atoms with Gasteiger partial charge in [-0.1, -0.05) is 12.1 Å². The van der Waals surface area contributed by atoms with Crippen LogP contribution in [0.2, 0.25) is 0 Å². The molecule has 1 fully saturated rings. The SMILES string of the molecule is COc1ccc(C2CCCN2C(=O)c2ccc(-n3nc(C)cc3C)cc2)cc1. The zero-order chi connectivity index (χ0) is 19.7. The number of hydrogen-bond acceptors (Lipinski definition) is 3. The fourth-order valence-electron chi connectivity index (χ4n) is 3.98. The number of ether oxygens (including phenoxy) is 1. The predicted octanol–water partition coefficient (Wildman–Crippen LogP) is 4.48. The van der Waals surface area contributed by atoms with Crippen molar-refractivity contribution in [2.24, 2.45) is 0 Å². The lowest BCUT2D eigenvalue weighted by atomic mass is 10.0. The molecule has 3 aromatic rings. The molecule has 1 aliphatic heterocycles. The van der Waals surface area contributed by atoms with Gasteiger partial charge in [0.05, 0.1) is 24.5 Å². The number of likely N-dealkylation sites (tertiary alicyclic amines) is 1. The van der Waals surface area contributed by atoms with Gasteiger partial charge in [-0.05, 0) is 74.7 Å². The Morgan fingerprint density at radius 2 is 1.79 bits per heavy atom. The molecule has 0 spiro atoms. The Morgan fingerprint density at radius 3 is 2.39 bits per heavy atom. The summed E-state index contributed by atoms with van der Waals surface area (Å²) in [6.45, 7) is 4.80. The third-order valence-electron chi connectivity index (χ3n) is 5.38. The normalized spacial score (nSPS) is 16.4. The lowest BCUT2D eigenvalue weighted by Gasteiger charge is -2.25. The minimum absolute atomic E-state index is 0.0817. The first-order valence-corrected chi connectivity index (χ1v) is 9.65. The molecule has 144 valence electrons. The van der Waals surface area contributed by atoms with Crippen LogP contribution in [0.5, 0.6) is 5.75 Å². The van der Waals surface area contributed by atoms with Crippen LogP contribution in [0.4, 0.5) is 0 Å². The number of methoxy groups -OCH3 is 1. The summed E-state index contributed by atoms with van der Waals surface area (Å²) in [5, 5.41) is 4.51. The van der Waals surface area contributed by atoms with Crippen LogP contribution in [0.15, 0.2) is 54.6 Å². The molecule has 1 aliphatic rings. The lowest BCUT2D eigenvalue weighted by Crippen LogP contribution is -2.30. The number of hydrogen-bond donors (Lipinski definition) is 0. The highest BCUT2D eigenvalue weighted by Gasteiger charge is 2.30. The minimum Gasteiger partial charge on any atom is -0.497 e. The Kier molecular flexibility index (Phi) is 4.90. The Bertz CT molecular complexity index is 974. The molecule has 0 N–H and O–H groups in total. The summed E-state index contributed by atoms with van der Waals surface area (Å²) in [5.41, 5.74) is 4.90. The van der Waals surface area contributed by atoms with E-state index in [0.717, 1.165) is 47.8 Å². The molecule has 1 atom stereocenters. The van der Waals surface area contributed by atoms with Crippen LogP contribution in [0, 0.1) is 13.8 Å². The van der Waals surface area contributed by atoms with Crippen molar-refractivity contribution in [3.05, 3.63) is 77.1 Å². The zero-order valence-corrected chi connectivity index (χ0v) is 16.6. The van der Waals surface area contributed by atoms with Gasteiger partial charge in [-0.2, -0.15) is 5.10 Å². The van der Waals surface area contributed by atoms with Gasteiger partial charge in [-0.25, -0.2) is 4.68 Å². The molecule has 1 unspecified atom stereocenters. The third kappa shape index (κ3) is 3.40. The topological polar surface area (TPSA) is 47.4 Å². The largest absolute Gasteiger partial charge is 0.497 e. The van der Waals surface area contributed by atoms with Gasteiger partial charge >= 0.3 is 0 Å². The number of carbonyl (C=O) groups excluding carboxylic acids is 1. The average molecular weight is 375 g/mol. The van der Waals surface area contributed by atoms with Gasteiger partial charge in [-0.15, -0.1) is 0 Å². The third-order valence-corrected chi connectivity index (χ3v) is 5.38. The number of carbonyl (C=O) groups is 1. The van der Waals surface area contributed by atoms with Crippen molar-refractivity contribution >= 4 is 5.91 Å². The molecular weight excluding hydrogens is 350 g/mol. The molecule has 0 radical (unpaired) electrons. The maximum absolute atomic E-state index is 13.2. The summed E-state index contributed by atoms with van der Waals surface area (Å²) in [6.07, 6.45) is 2.01. The molecule has 28 heavy (non-hydrogen) atoms. The van der Waals surface area contributed by atoms with Crippen molar-refractivity contribution < 1.29 is 9.53 Å². The summed E-state index contributed by atoms with van der Waals surface area (Å²) in [7, 11) is 1.66. The summed E-state index contributed by atoms with van der Waals surface area (Å²) >= 11 is 0. The van der Waals surface area contributed by atoms with Gasteiger partial charge in [0.1, 0.15) is 5.75 Å². The molecule has 0 saturated carbocycles. The van der Waals surface area contributed by atoms with Gasteiger partial charge in [-0.3, -0.25) is 4.79 Å². The molecular formula is C23H25N3O2. The molecule has 0 bridgehead atoms. The second-order valence-electron chi connectivity index (χ2n) is 7.32. The van der Waals surface area contributed by atoms with Crippen LogP contribution >= 0.6 is 0 Å². The highest BCUT2D eigenvalue weighted by molar-refractivity contribution is 5.94. The first-order valence-electron chi connectivity index (χ1n) is 9.65. The summed E-state index contributed by atoms with van der Waals surface area (Å²) in [6, 6.07) is 17.9. The van der Waals surface area contributed by atoms with Gasteiger partial charge in [0, 0.05) is 17.8 Å². The van der Waals surface area contributed by atoms with Crippen molar-refractivity contribution in [2.45, 2.75) is 32.7 Å². The van der Waals surface area contributed by atoms with Gasteiger partial charge in [0.25, 0.3) is 5.91 Å². The van der Waals surface area contributed by atoms with E-state index in [2.05, 4.69) is 17.2 Å². The highest BCUT2D eigenvalue weighted by atomic mass is 16.5. The Balaban J connectivity index is 1.55. The van der Waals surface area contributed by atoms with E-state index in [0.29, 0.717) is 5.56 Å². The van der Waals surface area contributed by atoms with Gasteiger partial charge < -0.3 is 9.64 Å². The van der Waals surface area contributed by atoms with E-state index in [9.17, 15) is 4.79 Å². The zero-order valence-electron chi connectivity index (χ0n) is 16.6. The van der Waals surface area contributed by atoms with Crippen LogP contribution in [0.3, 0.4) is 0 Å². The van der Waals surface area contributed by atoms with E-state index in [1.54, 1.807) is 7.11 Å². The van der Waals surface area contributed by atoms with Crippen molar-refractivity contribution in [1.29, 1.82) is 0 Å². The monoisotopic (exact) mass is 375 g/mol. The number of aryl methyl sites for hydroxylation is 2. The average Bonchev–Trinajstić information content (AvgIpc) is 3.34. The fourth-order valence-corrected chi connectivity index (χ4v) is 3.98. The fraction of sp³-hybridized carbons (Fsp3) is 0.304. The number of benzene rings is 2. The molecule has 5 heteroatoms. The maximum Gasteiger partial charge on any atom is 0.254 e. The molecule has 1 amide bonds. The Hall–Kier alpha value is -3.08. The van der Waals surface area contributed by atoms with Crippen LogP contribution < -0.4 is 4.74 Å². The van der Waals surface area contributed by atoms with Crippen LogP contribution in [0.25, 0.3) is 5.69 Å². The van der Waals surface area contributed by atoms with E-state index in [4.69, 9.17) is 4.74 Å². The van der Waals surface area contributed by atoms with E-state index < -0.39 is 0 Å². The molecule has 1 aromatic heterocycles. The van der Waals surface area contributed by atoms with Crippen molar-refractivity contribution in [1.82, 2.24) is 14.7 Å². The second kappa shape index (κ2) is 7.50. The standard InChI is InChI=1S/C23H25N3O2/c1-16-15-17(2)26(24-16)20-10-6-19(7-11-20)23(27)25-14-4-5-22(25)18-8-12-21(28-3)13-9-18/h6-13,15,22H,4-5,14H2,1-3H3. The first kappa shape index (κ1) is 18.3. The Morgan fingerprint density at radius 1 is 1.07 bits per heavy atom. The first-order chi connectivity index (χ1) is 13.6. The smallest absolute Gasteiger partial charge is 0.254 e. The molecule has 5 nitrogen and oxygen atoms in total. The predicted molar refractivity (Wildman–Crippen MR) is 109 cm³/mol. The lowest BCUT2D eigenvalue weighted by molar-refractivity contribution is 0.0735. The highest BCUT2D eigenvalue weighted by Crippen LogP contribution is 2.34. The van der Waals surface area contributed by atoms with Crippen molar-refractivity contribution in [3.8, 4) is 11.4 Å². The summed E-state index contributed by atoms with van der Waals surface area (Å²) in [4.78, 5) is 15.1. The Labute approximate surface area is 165 Å². The molecule has 1 saturated heterocycles. The molecule has 2 aromatic carbocycles. The molecule has 0 aliphatic carbocycles. The van der Waals surface area contributed by atoms with E-state index in [1.807, 2.05) is 65.9 Å². The number of rotatable bonds is 4. The maximum atomic E-state index is 13.2.